The Kier molecular flexibility index (Phi) is 5.37. The monoisotopic (exact) mass is 436 g/mol. The molecule has 1 saturated heterocycles. The van der Waals surface area contributed by atoms with Crippen LogP contribution in [0.2, 0.25) is 0 Å². The SMILES string of the molecule is CC1=NC(c2cc3cc[nH]c(=O)c3c(Nc3ccc(N4CCO[C@H](C)C4)nc3)n2)CS1. The highest BCUT2D eigenvalue weighted by Crippen LogP contribution is 2.32. The Bertz CT molecular complexity index is 1190. The van der Waals surface area contributed by atoms with E-state index in [9.17, 15) is 4.79 Å². The summed E-state index contributed by atoms with van der Waals surface area (Å²) in [7, 11) is 0. The fourth-order valence-electron chi connectivity index (χ4n) is 3.95. The second-order valence-electron chi connectivity index (χ2n) is 7.80. The van der Waals surface area contributed by atoms with Crippen molar-refractivity contribution in [3.8, 4) is 0 Å². The largest absolute Gasteiger partial charge is 0.375 e. The molecule has 2 aliphatic heterocycles. The maximum absolute atomic E-state index is 12.6. The van der Waals surface area contributed by atoms with E-state index in [0.29, 0.717) is 17.8 Å². The molecule has 0 amide bonds. The first-order chi connectivity index (χ1) is 15.1. The Hall–Kier alpha value is -2.91. The van der Waals surface area contributed by atoms with E-state index >= 15 is 0 Å². The van der Waals surface area contributed by atoms with Crippen molar-refractivity contribution in [1.29, 1.82) is 0 Å². The number of pyridine rings is 3. The molecule has 0 bridgehead atoms. The van der Waals surface area contributed by atoms with Crippen molar-refractivity contribution in [3.63, 3.8) is 0 Å². The summed E-state index contributed by atoms with van der Waals surface area (Å²) in [6.07, 6.45) is 3.63. The van der Waals surface area contributed by atoms with Gasteiger partial charge in [0, 0.05) is 25.0 Å². The minimum atomic E-state index is -0.175. The molecular formula is C22H24N6O2S. The third-order valence-corrected chi connectivity index (χ3v) is 6.48. The van der Waals surface area contributed by atoms with Gasteiger partial charge in [0.05, 0.1) is 40.7 Å². The summed E-state index contributed by atoms with van der Waals surface area (Å²) >= 11 is 1.73. The number of aliphatic imine (C=N–C) groups is 1. The molecule has 9 heteroatoms. The lowest BCUT2D eigenvalue weighted by Crippen LogP contribution is -2.41. The molecule has 0 aromatic carbocycles. The van der Waals surface area contributed by atoms with Crippen molar-refractivity contribution in [2.24, 2.45) is 4.99 Å². The van der Waals surface area contributed by atoms with E-state index < -0.39 is 0 Å². The van der Waals surface area contributed by atoms with E-state index in [1.54, 1.807) is 24.2 Å². The fourth-order valence-corrected chi connectivity index (χ4v) is 4.80. The molecule has 1 fully saturated rings. The zero-order chi connectivity index (χ0) is 21.4. The van der Waals surface area contributed by atoms with E-state index in [0.717, 1.165) is 46.5 Å². The van der Waals surface area contributed by atoms with Gasteiger partial charge in [-0.1, -0.05) is 0 Å². The number of fused-ring (bicyclic) bond motifs is 1. The number of thioether (sulfide) groups is 1. The Labute approximate surface area is 184 Å². The third-order valence-electron chi connectivity index (χ3n) is 5.48. The first-order valence-corrected chi connectivity index (χ1v) is 11.3. The second-order valence-corrected chi connectivity index (χ2v) is 9.01. The summed E-state index contributed by atoms with van der Waals surface area (Å²) in [5.41, 5.74) is 1.46. The second kappa shape index (κ2) is 8.32. The van der Waals surface area contributed by atoms with Gasteiger partial charge in [-0.15, -0.1) is 11.8 Å². The van der Waals surface area contributed by atoms with Gasteiger partial charge >= 0.3 is 0 Å². The maximum atomic E-state index is 12.6. The number of hydrogen-bond acceptors (Lipinski definition) is 8. The van der Waals surface area contributed by atoms with Crippen LogP contribution in [-0.2, 0) is 4.74 Å². The van der Waals surface area contributed by atoms with Crippen LogP contribution in [0.5, 0.6) is 0 Å². The highest BCUT2D eigenvalue weighted by molar-refractivity contribution is 8.14. The van der Waals surface area contributed by atoms with E-state index in [1.807, 2.05) is 31.2 Å². The van der Waals surface area contributed by atoms with Crippen LogP contribution < -0.4 is 15.8 Å². The van der Waals surface area contributed by atoms with Gasteiger partial charge in [0.2, 0.25) is 0 Å². The molecule has 2 atom stereocenters. The summed E-state index contributed by atoms with van der Waals surface area (Å²) in [6.45, 7) is 6.43. The number of nitrogens with zero attached hydrogens (tertiary/aromatic N) is 4. The van der Waals surface area contributed by atoms with E-state index in [2.05, 4.69) is 32.1 Å². The molecule has 0 radical (unpaired) electrons. The summed E-state index contributed by atoms with van der Waals surface area (Å²) in [6, 6.07) is 7.81. The molecule has 0 spiro atoms. The predicted molar refractivity (Wildman–Crippen MR) is 126 cm³/mol. The number of morpholine rings is 1. The van der Waals surface area contributed by atoms with Gasteiger partial charge in [-0.2, -0.15) is 0 Å². The van der Waals surface area contributed by atoms with Gasteiger partial charge in [-0.05, 0) is 43.5 Å². The fraction of sp³-hybridized carbons (Fsp3) is 0.364. The average molecular weight is 437 g/mol. The van der Waals surface area contributed by atoms with Crippen LogP contribution in [-0.4, -0.2) is 51.5 Å². The first-order valence-electron chi connectivity index (χ1n) is 10.4. The zero-order valence-corrected chi connectivity index (χ0v) is 18.3. The molecular weight excluding hydrogens is 412 g/mol. The molecule has 2 aliphatic rings. The van der Waals surface area contributed by atoms with Crippen molar-refractivity contribution in [1.82, 2.24) is 15.0 Å². The zero-order valence-electron chi connectivity index (χ0n) is 17.5. The molecule has 160 valence electrons. The van der Waals surface area contributed by atoms with Gasteiger partial charge < -0.3 is 19.9 Å². The van der Waals surface area contributed by atoms with Gasteiger partial charge in [-0.3, -0.25) is 9.79 Å². The molecule has 5 rings (SSSR count). The quantitative estimate of drug-likeness (QED) is 0.646. The Morgan fingerprint density at radius 3 is 2.97 bits per heavy atom. The predicted octanol–water partition coefficient (Wildman–Crippen LogP) is 3.49. The Morgan fingerprint density at radius 2 is 2.23 bits per heavy atom. The topological polar surface area (TPSA) is 95.5 Å². The third kappa shape index (κ3) is 4.15. The van der Waals surface area contributed by atoms with Gasteiger partial charge in [-0.25, -0.2) is 9.97 Å². The molecule has 8 nitrogen and oxygen atoms in total. The molecule has 2 N–H and O–H groups in total. The highest BCUT2D eigenvalue weighted by Gasteiger charge is 2.22. The number of aromatic nitrogens is 3. The number of H-pyrrole nitrogens is 1. The minimum Gasteiger partial charge on any atom is -0.375 e. The average Bonchev–Trinajstić information content (AvgIpc) is 3.20. The van der Waals surface area contributed by atoms with Crippen molar-refractivity contribution < 1.29 is 4.74 Å². The van der Waals surface area contributed by atoms with E-state index in [-0.39, 0.29) is 17.7 Å². The minimum absolute atomic E-state index is 0.00181. The molecule has 0 aliphatic carbocycles. The number of ether oxygens (including phenoxy) is 1. The van der Waals surface area contributed by atoms with Crippen molar-refractivity contribution in [2.45, 2.75) is 26.0 Å². The van der Waals surface area contributed by atoms with Crippen LogP contribution in [0, 0.1) is 0 Å². The number of rotatable bonds is 4. The first kappa shape index (κ1) is 20.0. The number of anilines is 3. The lowest BCUT2D eigenvalue weighted by Gasteiger charge is -2.32. The van der Waals surface area contributed by atoms with Gasteiger partial charge in [0.15, 0.2) is 0 Å². The Morgan fingerprint density at radius 1 is 1.32 bits per heavy atom. The van der Waals surface area contributed by atoms with Gasteiger partial charge in [0.25, 0.3) is 5.56 Å². The van der Waals surface area contributed by atoms with Crippen LogP contribution in [0.15, 0.2) is 46.4 Å². The van der Waals surface area contributed by atoms with Crippen molar-refractivity contribution in [2.75, 3.05) is 35.7 Å². The van der Waals surface area contributed by atoms with Crippen molar-refractivity contribution >= 4 is 44.9 Å². The van der Waals surface area contributed by atoms with Crippen LogP contribution in [0.25, 0.3) is 10.8 Å². The number of aromatic amines is 1. The van der Waals surface area contributed by atoms with Crippen LogP contribution in [0.1, 0.15) is 25.6 Å². The molecule has 3 aromatic heterocycles. The lowest BCUT2D eigenvalue weighted by molar-refractivity contribution is 0.0529. The van der Waals surface area contributed by atoms with E-state index in [4.69, 9.17) is 9.72 Å². The van der Waals surface area contributed by atoms with Gasteiger partial charge in [0.1, 0.15) is 17.7 Å². The molecule has 0 saturated carbocycles. The number of hydrogen-bond donors (Lipinski definition) is 2. The smallest absolute Gasteiger partial charge is 0.259 e. The number of nitrogens with one attached hydrogen (secondary N) is 2. The lowest BCUT2D eigenvalue weighted by atomic mass is 10.1. The van der Waals surface area contributed by atoms with Crippen LogP contribution in [0.4, 0.5) is 17.3 Å². The molecule has 31 heavy (non-hydrogen) atoms. The standard InChI is InChI=1S/C22H24N6O2S/c1-13-11-28(7-8-30-13)19-4-3-16(10-24-19)26-21-20-15(5-6-23-22(20)29)9-17(27-21)18-12-31-14(2)25-18/h3-6,9-10,13,18H,7-8,11-12H2,1-2H3,(H,23,29)(H,26,27)/t13-,18?/m1/s1. The molecule has 5 heterocycles. The summed E-state index contributed by atoms with van der Waals surface area (Å²) in [4.78, 5) is 31.6. The summed E-state index contributed by atoms with van der Waals surface area (Å²) < 4.78 is 5.61. The van der Waals surface area contributed by atoms with E-state index in [1.165, 1.54) is 0 Å². The Balaban J connectivity index is 1.47. The summed E-state index contributed by atoms with van der Waals surface area (Å²) in [5.74, 6) is 2.30. The molecule has 3 aromatic rings. The molecule has 1 unspecified atom stereocenters. The van der Waals surface area contributed by atoms with Crippen LogP contribution >= 0.6 is 11.8 Å². The van der Waals surface area contributed by atoms with Crippen LogP contribution in [0.3, 0.4) is 0 Å². The highest BCUT2D eigenvalue weighted by atomic mass is 32.2. The maximum Gasteiger partial charge on any atom is 0.259 e. The normalized spacial score (nSPS) is 21.4. The van der Waals surface area contributed by atoms with Crippen molar-refractivity contribution in [3.05, 3.63) is 52.7 Å². The summed E-state index contributed by atoms with van der Waals surface area (Å²) in [5, 5.41) is 5.74.